The molecule has 0 amide bonds. The largest absolute Gasteiger partial charge is 0.381 e. The molecule has 0 aromatic carbocycles. The van der Waals surface area contributed by atoms with E-state index < -0.39 is 5.41 Å². The van der Waals surface area contributed by atoms with Gasteiger partial charge in [0, 0.05) is 55.3 Å². The number of pyridine rings is 2. The summed E-state index contributed by atoms with van der Waals surface area (Å²) in [5.74, 6) is 1.30. The summed E-state index contributed by atoms with van der Waals surface area (Å²) in [7, 11) is 0. The van der Waals surface area contributed by atoms with Crippen LogP contribution in [0.1, 0.15) is 24.4 Å². The van der Waals surface area contributed by atoms with Crippen molar-refractivity contribution >= 4 is 5.95 Å². The van der Waals surface area contributed by atoms with Crippen LogP contribution in [0, 0.1) is 0 Å². The lowest BCUT2D eigenvalue weighted by molar-refractivity contribution is 0.0584. The molecule has 0 atom stereocenters. The number of nitrogens with zero attached hydrogens (tertiary/aromatic N) is 6. The minimum atomic E-state index is -0.474. The van der Waals surface area contributed by atoms with Crippen LogP contribution >= 0.6 is 0 Å². The van der Waals surface area contributed by atoms with Crippen LogP contribution in [-0.2, 0) is 10.2 Å². The van der Waals surface area contributed by atoms with Gasteiger partial charge in [0.2, 0.25) is 5.95 Å². The zero-order valence-electron chi connectivity index (χ0n) is 16.1. The summed E-state index contributed by atoms with van der Waals surface area (Å²) in [6.45, 7) is 1.21. The van der Waals surface area contributed by atoms with Crippen molar-refractivity contribution in [2.24, 2.45) is 0 Å². The topological polar surface area (TPSA) is 126 Å². The predicted molar refractivity (Wildman–Crippen MR) is 108 cm³/mol. The van der Waals surface area contributed by atoms with Gasteiger partial charge in [0.1, 0.15) is 0 Å². The number of hydrogen-bond acceptors (Lipinski definition) is 9. The number of nitrogen functional groups attached to an aromatic ring is 1. The van der Waals surface area contributed by atoms with Crippen molar-refractivity contribution in [3.8, 4) is 22.6 Å². The van der Waals surface area contributed by atoms with Crippen molar-refractivity contribution in [3.63, 3.8) is 0 Å². The summed E-state index contributed by atoms with van der Waals surface area (Å²) >= 11 is 0. The maximum atomic E-state index is 5.61. The number of anilines is 1. The predicted octanol–water partition coefficient (Wildman–Crippen LogP) is 2.66. The summed E-state index contributed by atoms with van der Waals surface area (Å²) in [4.78, 5) is 21.7. The van der Waals surface area contributed by atoms with E-state index in [0.29, 0.717) is 24.9 Å². The summed E-state index contributed by atoms with van der Waals surface area (Å²) in [5, 5.41) is 4.31. The molecule has 1 saturated heterocycles. The molecular weight excluding hydrogens is 382 g/mol. The third kappa shape index (κ3) is 3.29. The molecule has 1 aliphatic heterocycles. The fourth-order valence-electron chi connectivity index (χ4n) is 3.67. The molecule has 0 bridgehead atoms. The molecule has 4 aromatic rings. The highest BCUT2D eigenvalue weighted by molar-refractivity contribution is 5.61. The van der Waals surface area contributed by atoms with E-state index in [-0.39, 0.29) is 5.95 Å². The second kappa shape index (κ2) is 7.60. The SMILES string of the molecule is Nc1ncc(-c2ccc(C3(c4noc(-c5cccnc5)n4)CCOCC3)nc2)cn1. The molecule has 0 spiro atoms. The lowest BCUT2D eigenvalue weighted by Gasteiger charge is -2.33. The smallest absolute Gasteiger partial charge is 0.259 e. The molecule has 0 radical (unpaired) electrons. The fourth-order valence-corrected chi connectivity index (χ4v) is 3.67. The lowest BCUT2D eigenvalue weighted by Crippen LogP contribution is -2.37. The van der Waals surface area contributed by atoms with Gasteiger partial charge in [-0.25, -0.2) is 9.97 Å². The number of nitrogens with two attached hydrogens (primary N) is 1. The van der Waals surface area contributed by atoms with Crippen LogP contribution in [-0.4, -0.2) is 43.3 Å². The molecule has 2 N–H and O–H groups in total. The van der Waals surface area contributed by atoms with Crippen LogP contribution in [0.2, 0.25) is 0 Å². The third-order valence-corrected chi connectivity index (χ3v) is 5.37. The van der Waals surface area contributed by atoms with E-state index in [1.807, 2.05) is 30.5 Å². The summed E-state index contributed by atoms with van der Waals surface area (Å²) in [6, 6.07) is 7.72. The van der Waals surface area contributed by atoms with Crippen molar-refractivity contribution in [1.82, 2.24) is 30.1 Å². The number of aromatic nitrogens is 6. The van der Waals surface area contributed by atoms with Crippen molar-refractivity contribution in [1.29, 1.82) is 0 Å². The Morgan fingerprint density at radius 3 is 2.37 bits per heavy atom. The van der Waals surface area contributed by atoms with Gasteiger partial charge in [0.15, 0.2) is 5.82 Å². The Labute approximate surface area is 172 Å². The van der Waals surface area contributed by atoms with Gasteiger partial charge in [-0.1, -0.05) is 11.2 Å². The second-order valence-corrected chi connectivity index (χ2v) is 7.12. The number of rotatable bonds is 4. The van der Waals surface area contributed by atoms with Crippen molar-refractivity contribution < 1.29 is 9.26 Å². The molecule has 0 saturated carbocycles. The quantitative estimate of drug-likeness (QED) is 0.549. The molecule has 5 rings (SSSR count). The van der Waals surface area contributed by atoms with E-state index in [1.165, 1.54) is 0 Å². The summed E-state index contributed by atoms with van der Waals surface area (Å²) < 4.78 is 11.2. The third-order valence-electron chi connectivity index (χ3n) is 5.37. The van der Waals surface area contributed by atoms with Crippen LogP contribution in [0.5, 0.6) is 0 Å². The first kappa shape index (κ1) is 18.3. The highest BCUT2D eigenvalue weighted by Crippen LogP contribution is 2.39. The Morgan fingerprint density at radius 1 is 0.867 bits per heavy atom. The molecule has 9 nitrogen and oxygen atoms in total. The molecule has 4 aromatic heterocycles. The Bertz CT molecular complexity index is 1120. The van der Waals surface area contributed by atoms with Crippen LogP contribution in [0.15, 0.2) is 59.8 Å². The molecule has 0 unspecified atom stereocenters. The van der Waals surface area contributed by atoms with E-state index in [1.54, 1.807) is 24.8 Å². The summed E-state index contributed by atoms with van der Waals surface area (Å²) in [6.07, 6.45) is 10.0. The van der Waals surface area contributed by atoms with Gasteiger partial charge < -0.3 is 15.0 Å². The zero-order chi connectivity index (χ0) is 20.4. The van der Waals surface area contributed by atoms with Crippen LogP contribution in [0.25, 0.3) is 22.6 Å². The minimum Gasteiger partial charge on any atom is -0.381 e. The molecule has 1 fully saturated rings. The number of ether oxygens (including phenoxy) is 1. The average Bonchev–Trinajstić information content (AvgIpc) is 3.32. The Balaban J connectivity index is 1.51. The standard InChI is InChI=1S/C21H19N7O2/c22-20-25-12-16(13-26-20)14-3-4-17(24-11-14)21(5-8-29-9-6-21)19-27-18(30-28-19)15-2-1-7-23-10-15/h1-4,7,10-13H,5-6,8-9H2,(H2,22,25,26). The van der Waals surface area contributed by atoms with E-state index in [9.17, 15) is 0 Å². The van der Waals surface area contributed by atoms with Crippen molar-refractivity contribution in [2.75, 3.05) is 18.9 Å². The zero-order valence-corrected chi connectivity index (χ0v) is 16.1. The van der Waals surface area contributed by atoms with E-state index in [2.05, 4.69) is 20.1 Å². The maximum Gasteiger partial charge on any atom is 0.259 e. The molecule has 0 aliphatic carbocycles. The van der Waals surface area contributed by atoms with Gasteiger partial charge in [0.05, 0.1) is 16.7 Å². The molecule has 30 heavy (non-hydrogen) atoms. The van der Waals surface area contributed by atoms with Crippen LogP contribution in [0.3, 0.4) is 0 Å². The van der Waals surface area contributed by atoms with E-state index >= 15 is 0 Å². The Morgan fingerprint density at radius 2 is 1.67 bits per heavy atom. The molecule has 5 heterocycles. The average molecular weight is 401 g/mol. The van der Waals surface area contributed by atoms with Crippen LogP contribution in [0.4, 0.5) is 5.95 Å². The minimum absolute atomic E-state index is 0.242. The van der Waals surface area contributed by atoms with Crippen LogP contribution < -0.4 is 5.73 Å². The maximum absolute atomic E-state index is 5.61. The van der Waals surface area contributed by atoms with Gasteiger partial charge in [-0.15, -0.1) is 0 Å². The monoisotopic (exact) mass is 401 g/mol. The Hall–Kier alpha value is -3.72. The lowest BCUT2D eigenvalue weighted by atomic mass is 9.76. The second-order valence-electron chi connectivity index (χ2n) is 7.12. The number of hydrogen-bond donors (Lipinski definition) is 1. The normalized spacial score (nSPS) is 15.7. The first-order valence-electron chi connectivity index (χ1n) is 9.61. The Kier molecular flexibility index (Phi) is 4.64. The first-order chi connectivity index (χ1) is 14.7. The summed E-state index contributed by atoms with van der Waals surface area (Å²) in [5.41, 5.74) is 8.52. The van der Waals surface area contributed by atoms with Crippen molar-refractivity contribution in [2.45, 2.75) is 18.3 Å². The van der Waals surface area contributed by atoms with Gasteiger partial charge in [0.25, 0.3) is 5.89 Å². The van der Waals surface area contributed by atoms with Crippen molar-refractivity contribution in [3.05, 3.63) is 66.8 Å². The highest BCUT2D eigenvalue weighted by Gasteiger charge is 2.42. The molecule has 9 heteroatoms. The fraction of sp³-hybridized carbons (Fsp3) is 0.238. The highest BCUT2D eigenvalue weighted by atomic mass is 16.5. The molecule has 1 aliphatic rings. The first-order valence-corrected chi connectivity index (χ1v) is 9.61. The van der Waals surface area contributed by atoms with Gasteiger partial charge in [-0.2, -0.15) is 4.98 Å². The van der Waals surface area contributed by atoms with Gasteiger partial charge in [-0.3, -0.25) is 9.97 Å². The van der Waals surface area contributed by atoms with E-state index in [0.717, 1.165) is 35.2 Å². The molecular formula is C21H19N7O2. The van der Waals surface area contributed by atoms with E-state index in [4.69, 9.17) is 25.0 Å². The van der Waals surface area contributed by atoms with Gasteiger partial charge >= 0.3 is 0 Å². The van der Waals surface area contributed by atoms with Gasteiger partial charge in [-0.05, 0) is 31.0 Å². The molecule has 150 valence electrons.